The summed E-state index contributed by atoms with van der Waals surface area (Å²) >= 11 is 0. The Morgan fingerprint density at radius 2 is 1.88 bits per heavy atom. The molecule has 2 heterocycles. The summed E-state index contributed by atoms with van der Waals surface area (Å²) < 4.78 is 17.3. The van der Waals surface area contributed by atoms with Gasteiger partial charge in [0, 0.05) is 18.9 Å². The molecule has 2 fully saturated rings. The van der Waals surface area contributed by atoms with Crippen LogP contribution in [0, 0.1) is 0 Å². The number of benzene rings is 1. The van der Waals surface area contributed by atoms with E-state index in [4.69, 9.17) is 14.2 Å². The van der Waals surface area contributed by atoms with Gasteiger partial charge in [0.05, 0.1) is 19.3 Å². The highest BCUT2D eigenvalue weighted by atomic mass is 16.7. The number of carbonyl (C=O) groups excluding carboxylic acids is 2. The Labute approximate surface area is 154 Å². The van der Waals surface area contributed by atoms with E-state index in [0.717, 1.165) is 11.8 Å². The van der Waals surface area contributed by atoms with Crippen molar-refractivity contribution in [1.82, 2.24) is 4.90 Å². The van der Waals surface area contributed by atoms with Crippen molar-refractivity contribution in [1.29, 1.82) is 0 Å². The van der Waals surface area contributed by atoms with Gasteiger partial charge in [0.1, 0.15) is 11.9 Å². The minimum atomic E-state index is -0.788. The van der Waals surface area contributed by atoms with Crippen molar-refractivity contribution in [2.45, 2.75) is 63.5 Å². The maximum atomic E-state index is 12.9. The average molecular weight is 361 g/mol. The molecule has 1 amide bonds. The molecular weight excluding hydrogens is 334 g/mol. The molecule has 0 bridgehead atoms. The smallest absolute Gasteiger partial charge is 0.411 e. The topological polar surface area (TPSA) is 65.1 Å². The summed E-state index contributed by atoms with van der Waals surface area (Å²) in [7, 11) is 0. The van der Waals surface area contributed by atoms with Gasteiger partial charge >= 0.3 is 6.09 Å². The number of carbonyl (C=O) groups is 2. The zero-order valence-electron chi connectivity index (χ0n) is 15.6. The van der Waals surface area contributed by atoms with Crippen LogP contribution in [-0.4, -0.2) is 54.0 Å². The van der Waals surface area contributed by atoms with Crippen molar-refractivity contribution in [3.8, 4) is 0 Å². The van der Waals surface area contributed by atoms with E-state index in [1.807, 2.05) is 51.1 Å². The molecule has 0 unspecified atom stereocenters. The number of hydrogen-bond donors (Lipinski definition) is 0. The summed E-state index contributed by atoms with van der Waals surface area (Å²) in [6.07, 6.45) is 1.79. The molecule has 26 heavy (non-hydrogen) atoms. The minimum Gasteiger partial charge on any atom is -0.444 e. The van der Waals surface area contributed by atoms with Gasteiger partial charge in [-0.05, 0) is 32.8 Å². The number of likely N-dealkylation sites (tertiary alicyclic amines) is 1. The molecule has 3 rings (SSSR count). The Morgan fingerprint density at radius 3 is 2.46 bits per heavy atom. The molecule has 0 radical (unpaired) electrons. The Hall–Kier alpha value is -1.92. The molecule has 0 N–H and O–H groups in total. The third kappa shape index (κ3) is 4.24. The van der Waals surface area contributed by atoms with Gasteiger partial charge in [-0.3, -0.25) is 4.90 Å². The van der Waals surface area contributed by atoms with Crippen LogP contribution >= 0.6 is 0 Å². The summed E-state index contributed by atoms with van der Waals surface area (Å²) in [4.78, 5) is 26.2. The predicted molar refractivity (Wildman–Crippen MR) is 95.7 cm³/mol. The predicted octanol–water partition coefficient (Wildman–Crippen LogP) is 2.94. The van der Waals surface area contributed by atoms with E-state index in [-0.39, 0.29) is 6.04 Å². The summed E-state index contributed by atoms with van der Waals surface area (Å²) in [5.41, 5.74) is 0.461. The van der Waals surface area contributed by atoms with Crippen molar-refractivity contribution in [2.75, 3.05) is 13.2 Å². The first-order valence-corrected chi connectivity index (χ1v) is 9.10. The van der Waals surface area contributed by atoms with Crippen LogP contribution in [0.4, 0.5) is 4.79 Å². The van der Waals surface area contributed by atoms with E-state index < -0.39 is 23.5 Å². The molecule has 0 aliphatic carbocycles. The van der Waals surface area contributed by atoms with Crippen LogP contribution in [0.25, 0.3) is 0 Å². The highest BCUT2D eigenvalue weighted by Crippen LogP contribution is 2.39. The SMILES string of the molecule is CC(C)(C)OC(=O)N1[C@@H](Cc2ccccc2)CC2(C[C@H]1C=O)OCCO2. The Morgan fingerprint density at radius 1 is 1.23 bits per heavy atom. The summed E-state index contributed by atoms with van der Waals surface area (Å²) in [6, 6.07) is 9.04. The number of nitrogens with zero attached hydrogens (tertiary/aromatic N) is 1. The first-order valence-electron chi connectivity index (χ1n) is 9.10. The van der Waals surface area contributed by atoms with Crippen molar-refractivity contribution in [2.24, 2.45) is 0 Å². The molecule has 0 aromatic heterocycles. The van der Waals surface area contributed by atoms with Gasteiger partial charge in [-0.2, -0.15) is 0 Å². The summed E-state index contributed by atoms with van der Waals surface area (Å²) in [6.45, 7) is 6.48. The Kier molecular flexibility index (Phi) is 5.34. The molecule has 6 heteroatoms. The minimum absolute atomic E-state index is 0.241. The maximum absolute atomic E-state index is 12.9. The molecule has 2 saturated heterocycles. The molecule has 0 saturated carbocycles. The largest absolute Gasteiger partial charge is 0.444 e. The van der Waals surface area contributed by atoms with Gasteiger partial charge in [0.2, 0.25) is 0 Å². The number of piperidine rings is 1. The number of aldehydes is 1. The van der Waals surface area contributed by atoms with Crippen LogP contribution in [-0.2, 0) is 25.4 Å². The second-order valence-electron chi connectivity index (χ2n) is 7.95. The third-order valence-corrected chi connectivity index (χ3v) is 4.71. The zero-order chi connectivity index (χ0) is 18.8. The fourth-order valence-electron chi connectivity index (χ4n) is 3.73. The van der Waals surface area contributed by atoms with Crippen LogP contribution in [0.1, 0.15) is 39.2 Å². The lowest BCUT2D eigenvalue weighted by atomic mass is 9.87. The Bertz CT molecular complexity index is 633. The van der Waals surface area contributed by atoms with E-state index in [0.29, 0.717) is 32.5 Å². The molecule has 1 spiro atoms. The molecule has 142 valence electrons. The van der Waals surface area contributed by atoms with Crippen molar-refractivity contribution >= 4 is 12.4 Å². The van der Waals surface area contributed by atoms with E-state index in [1.165, 1.54) is 0 Å². The highest BCUT2D eigenvalue weighted by molar-refractivity contribution is 5.74. The standard InChI is InChI=1S/C20H27NO5/c1-19(2,3)26-18(23)21-16(11-15-7-5-4-6-8-15)12-20(13-17(21)14-22)24-9-10-25-20/h4-8,14,16-17H,9-13H2,1-3H3/t16-,17-/m0/s1. The average Bonchev–Trinajstić information content (AvgIpc) is 3.01. The normalized spacial score (nSPS) is 25.3. The first-order chi connectivity index (χ1) is 12.3. The number of amides is 1. The second-order valence-corrected chi connectivity index (χ2v) is 7.95. The second kappa shape index (κ2) is 7.37. The van der Waals surface area contributed by atoms with Crippen molar-refractivity contribution in [3.63, 3.8) is 0 Å². The van der Waals surface area contributed by atoms with E-state index in [2.05, 4.69) is 0 Å². The van der Waals surface area contributed by atoms with Gasteiger partial charge in [-0.25, -0.2) is 4.79 Å². The van der Waals surface area contributed by atoms with Crippen LogP contribution in [0.5, 0.6) is 0 Å². The third-order valence-electron chi connectivity index (χ3n) is 4.71. The van der Waals surface area contributed by atoms with Crippen molar-refractivity contribution < 1.29 is 23.8 Å². The van der Waals surface area contributed by atoms with Crippen molar-refractivity contribution in [3.05, 3.63) is 35.9 Å². The molecule has 2 aliphatic rings. The monoisotopic (exact) mass is 361 g/mol. The zero-order valence-corrected chi connectivity index (χ0v) is 15.6. The van der Waals surface area contributed by atoms with Crippen LogP contribution in [0.3, 0.4) is 0 Å². The number of ether oxygens (including phenoxy) is 3. The van der Waals surface area contributed by atoms with E-state index >= 15 is 0 Å². The van der Waals surface area contributed by atoms with Gasteiger partial charge in [-0.15, -0.1) is 0 Å². The van der Waals surface area contributed by atoms with Gasteiger partial charge in [0.15, 0.2) is 5.79 Å². The Balaban J connectivity index is 1.88. The molecule has 1 aromatic rings. The maximum Gasteiger partial charge on any atom is 0.411 e. The number of hydrogen-bond acceptors (Lipinski definition) is 5. The molecule has 1 aromatic carbocycles. The molecule has 2 aliphatic heterocycles. The lowest BCUT2D eigenvalue weighted by Crippen LogP contribution is -2.60. The summed E-state index contributed by atoms with van der Waals surface area (Å²) in [5.74, 6) is -0.788. The number of rotatable bonds is 3. The van der Waals surface area contributed by atoms with Gasteiger partial charge in [-0.1, -0.05) is 30.3 Å². The quantitative estimate of drug-likeness (QED) is 0.775. The fraction of sp³-hybridized carbons (Fsp3) is 0.600. The lowest BCUT2D eigenvalue weighted by Gasteiger charge is -2.46. The van der Waals surface area contributed by atoms with Crippen LogP contribution in [0.2, 0.25) is 0 Å². The lowest BCUT2D eigenvalue weighted by molar-refractivity contribution is -0.204. The molecule has 2 atom stereocenters. The van der Waals surface area contributed by atoms with Gasteiger partial charge in [0.25, 0.3) is 0 Å². The molecule has 6 nitrogen and oxygen atoms in total. The van der Waals surface area contributed by atoms with Crippen LogP contribution in [0.15, 0.2) is 30.3 Å². The van der Waals surface area contributed by atoms with E-state index in [1.54, 1.807) is 4.90 Å². The fourth-order valence-corrected chi connectivity index (χ4v) is 3.73. The van der Waals surface area contributed by atoms with Gasteiger partial charge < -0.3 is 19.0 Å². The first kappa shape index (κ1) is 18.9. The highest BCUT2D eigenvalue weighted by Gasteiger charge is 2.50. The van der Waals surface area contributed by atoms with Crippen LogP contribution < -0.4 is 0 Å². The molecular formula is C20H27NO5. The summed E-state index contributed by atoms with van der Waals surface area (Å²) in [5, 5.41) is 0. The van der Waals surface area contributed by atoms with E-state index in [9.17, 15) is 9.59 Å².